The van der Waals surface area contributed by atoms with E-state index in [1.165, 1.54) is 0 Å². The van der Waals surface area contributed by atoms with Gasteiger partial charge in [0.2, 0.25) is 0 Å². The van der Waals surface area contributed by atoms with Crippen LogP contribution in [-0.4, -0.2) is 25.7 Å². The monoisotopic (exact) mass is 397 g/mol. The number of esters is 1. The van der Waals surface area contributed by atoms with Gasteiger partial charge in [-0.05, 0) is 37.6 Å². The molecule has 0 radical (unpaired) electrons. The Hall–Kier alpha value is -2.52. The van der Waals surface area contributed by atoms with Crippen molar-refractivity contribution in [2.24, 2.45) is 0 Å². The minimum atomic E-state index is -2.71. The van der Waals surface area contributed by atoms with Crippen LogP contribution in [-0.2, 0) is 9.53 Å². The van der Waals surface area contributed by atoms with Gasteiger partial charge >= 0.3 is 5.97 Å². The standard InChI is InChI=1S/C22H28N3O2P/c1-3-11-21(18-22(26)27-4-2)28(23)24(19-12-7-5-8-13-19)16-17-25(28)20-14-9-6-10-15-20/h5-15,23H,3-4,16-18H2,1-2H3/b21-11+. The van der Waals surface area contributed by atoms with Crippen LogP contribution in [0.4, 0.5) is 11.4 Å². The Balaban J connectivity index is 2.09. The molecular weight excluding hydrogens is 369 g/mol. The molecule has 5 nitrogen and oxygen atoms in total. The molecule has 1 aliphatic rings. The Morgan fingerprint density at radius 1 is 1.00 bits per heavy atom. The number of carbonyl (C=O) groups excluding carboxylic acids is 1. The van der Waals surface area contributed by atoms with Gasteiger partial charge in [0.15, 0.2) is 7.36 Å². The molecule has 1 aliphatic heterocycles. The molecule has 1 saturated heterocycles. The normalized spacial score (nSPS) is 16.3. The molecule has 148 valence electrons. The first-order valence-corrected chi connectivity index (χ1v) is 11.5. The van der Waals surface area contributed by atoms with E-state index in [0.29, 0.717) is 6.61 Å². The minimum Gasteiger partial charge on any atom is -0.466 e. The van der Waals surface area contributed by atoms with Crippen LogP contribution in [0.5, 0.6) is 0 Å². The van der Waals surface area contributed by atoms with Crippen molar-refractivity contribution in [1.29, 1.82) is 5.16 Å². The summed E-state index contributed by atoms with van der Waals surface area (Å²) < 4.78 is 9.59. The highest BCUT2D eigenvalue weighted by atomic mass is 31.2. The Labute approximate surface area is 167 Å². The molecule has 28 heavy (non-hydrogen) atoms. The lowest BCUT2D eigenvalue weighted by Gasteiger charge is -2.38. The van der Waals surface area contributed by atoms with Crippen molar-refractivity contribution in [3.05, 3.63) is 72.1 Å². The van der Waals surface area contributed by atoms with Gasteiger partial charge in [0.25, 0.3) is 0 Å². The number of allylic oxidation sites excluding steroid dienone is 1. The Morgan fingerprint density at radius 3 is 1.93 bits per heavy atom. The third-order valence-electron chi connectivity index (χ3n) is 4.80. The van der Waals surface area contributed by atoms with Crippen molar-refractivity contribution >= 4 is 24.7 Å². The third-order valence-corrected chi connectivity index (χ3v) is 8.20. The highest BCUT2D eigenvalue weighted by Crippen LogP contribution is 2.67. The molecule has 0 aliphatic carbocycles. The van der Waals surface area contributed by atoms with Crippen LogP contribution in [0.1, 0.15) is 26.7 Å². The molecule has 0 bridgehead atoms. The average molecular weight is 397 g/mol. The number of hydrogen-bond donors (Lipinski definition) is 1. The fraction of sp³-hybridized carbons (Fsp3) is 0.318. The highest BCUT2D eigenvalue weighted by Gasteiger charge is 2.42. The van der Waals surface area contributed by atoms with Crippen molar-refractivity contribution < 1.29 is 9.53 Å². The molecule has 1 fully saturated rings. The lowest BCUT2D eigenvalue weighted by atomic mass is 10.3. The fourth-order valence-corrected chi connectivity index (χ4v) is 6.98. The lowest BCUT2D eigenvalue weighted by Crippen LogP contribution is -2.21. The van der Waals surface area contributed by atoms with Crippen LogP contribution in [0.25, 0.3) is 0 Å². The van der Waals surface area contributed by atoms with Crippen molar-refractivity contribution in [2.45, 2.75) is 26.7 Å². The van der Waals surface area contributed by atoms with Crippen molar-refractivity contribution in [2.75, 3.05) is 29.0 Å². The topological polar surface area (TPSA) is 56.6 Å². The van der Waals surface area contributed by atoms with E-state index >= 15 is 0 Å². The number of para-hydroxylation sites is 2. The third kappa shape index (κ3) is 4.00. The summed E-state index contributed by atoms with van der Waals surface area (Å²) in [6.07, 6.45) is 2.99. The molecule has 6 heteroatoms. The molecule has 0 atom stereocenters. The Morgan fingerprint density at radius 2 is 1.50 bits per heavy atom. The number of carbonyl (C=O) groups is 1. The number of hydrogen-bond acceptors (Lipinski definition) is 3. The highest BCUT2D eigenvalue weighted by molar-refractivity contribution is 7.72. The number of anilines is 2. The molecule has 0 saturated carbocycles. The van der Waals surface area contributed by atoms with E-state index in [1.807, 2.05) is 74.5 Å². The van der Waals surface area contributed by atoms with Crippen LogP contribution in [0.3, 0.4) is 0 Å². The molecule has 1 N–H and O–H groups in total. The summed E-state index contributed by atoms with van der Waals surface area (Å²) in [5.41, 5.74) is 2.05. The summed E-state index contributed by atoms with van der Waals surface area (Å²) in [7, 11) is -2.71. The van der Waals surface area contributed by atoms with Crippen LogP contribution in [0.2, 0.25) is 0 Å². The summed E-state index contributed by atoms with van der Waals surface area (Å²) in [5, 5.41) is 10.6. The largest absolute Gasteiger partial charge is 0.466 e. The maximum atomic E-state index is 12.3. The van der Waals surface area contributed by atoms with Gasteiger partial charge in [0.05, 0.1) is 13.0 Å². The molecule has 2 aromatic carbocycles. The van der Waals surface area contributed by atoms with Gasteiger partial charge in [-0.1, -0.05) is 49.4 Å². The number of nitrogens with zero attached hydrogens (tertiary/aromatic N) is 2. The zero-order valence-electron chi connectivity index (χ0n) is 16.5. The van der Waals surface area contributed by atoms with Gasteiger partial charge in [0, 0.05) is 29.8 Å². The second-order valence-electron chi connectivity index (χ2n) is 6.60. The summed E-state index contributed by atoms with van der Waals surface area (Å²) in [6, 6.07) is 20.2. The minimum absolute atomic E-state index is 0.158. The van der Waals surface area contributed by atoms with Crippen LogP contribution in [0, 0.1) is 5.16 Å². The van der Waals surface area contributed by atoms with E-state index in [1.54, 1.807) is 0 Å². The van der Waals surface area contributed by atoms with Crippen LogP contribution >= 0.6 is 7.36 Å². The number of nitrogens with one attached hydrogen (secondary N) is 1. The van der Waals surface area contributed by atoms with Gasteiger partial charge in [-0.15, -0.1) is 0 Å². The molecule has 0 aromatic heterocycles. The maximum Gasteiger partial charge on any atom is 0.310 e. The van der Waals surface area contributed by atoms with Crippen LogP contribution < -0.4 is 9.34 Å². The van der Waals surface area contributed by atoms with Gasteiger partial charge in [-0.3, -0.25) is 9.96 Å². The molecular formula is C22H28N3O2P. The summed E-state index contributed by atoms with van der Waals surface area (Å²) in [5.74, 6) is -0.262. The quantitative estimate of drug-likeness (QED) is 0.469. The van der Waals surface area contributed by atoms with E-state index < -0.39 is 7.36 Å². The first-order valence-electron chi connectivity index (χ1n) is 9.76. The Kier molecular flexibility index (Phi) is 6.58. The lowest BCUT2D eigenvalue weighted by molar-refractivity contribution is -0.142. The number of ether oxygens (including phenoxy) is 1. The van der Waals surface area contributed by atoms with Crippen molar-refractivity contribution in [3.8, 4) is 0 Å². The van der Waals surface area contributed by atoms with Gasteiger partial charge < -0.3 is 14.1 Å². The molecule has 0 unspecified atom stereocenters. The zero-order valence-corrected chi connectivity index (χ0v) is 17.4. The van der Waals surface area contributed by atoms with E-state index in [4.69, 9.17) is 4.74 Å². The molecule has 1 heterocycles. The first-order chi connectivity index (χ1) is 13.6. The fourth-order valence-electron chi connectivity index (χ4n) is 3.62. The predicted molar refractivity (Wildman–Crippen MR) is 117 cm³/mol. The predicted octanol–water partition coefficient (Wildman–Crippen LogP) is 5.87. The molecule has 0 amide bonds. The van der Waals surface area contributed by atoms with Gasteiger partial charge in [-0.2, -0.15) is 0 Å². The first kappa shape index (κ1) is 20.2. The molecule has 3 rings (SSSR count). The van der Waals surface area contributed by atoms with Crippen molar-refractivity contribution in [3.63, 3.8) is 0 Å². The molecule has 2 aromatic rings. The maximum absolute atomic E-state index is 12.3. The Bertz CT molecular complexity index is 816. The van der Waals surface area contributed by atoms with Crippen LogP contribution in [0.15, 0.2) is 72.1 Å². The van der Waals surface area contributed by atoms with E-state index in [2.05, 4.69) is 15.4 Å². The SMILES string of the molecule is CC/C=C(\CC(=O)OCC)P1(=N)N(c2ccccc2)CCN1c1ccccc1. The van der Waals surface area contributed by atoms with E-state index in [-0.39, 0.29) is 12.4 Å². The summed E-state index contributed by atoms with van der Waals surface area (Å²) in [4.78, 5) is 12.3. The van der Waals surface area contributed by atoms with E-state index in [9.17, 15) is 9.96 Å². The average Bonchev–Trinajstić information content (AvgIpc) is 3.07. The van der Waals surface area contributed by atoms with E-state index in [0.717, 1.165) is 36.2 Å². The zero-order chi connectivity index (χ0) is 20.0. The molecule has 0 spiro atoms. The number of benzene rings is 2. The smallest absolute Gasteiger partial charge is 0.310 e. The second kappa shape index (κ2) is 9.11. The number of rotatable bonds is 7. The van der Waals surface area contributed by atoms with Crippen molar-refractivity contribution in [1.82, 2.24) is 0 Å². The second-order valence-corrected chi connectivity index (χ2v) is 9.35. The van der Waals surface area contributed by atoms with Gasteiger partial charge in [0.1, 0.15) is 0 Å². The summed E-state index contributed by atoms with van der Waals surface area (Å²) >= 11 is 0. The summed E-state index contributed by atoms with van der Waals surface area (Å²) in [6.45, 7) is 5.72. The van der Waals surface area contributed by atoms with Gasteiger partial charge in [-0.25, -0.2) is 0 Å².